The highest BCUT2D eigenvalue weighted by molar-refractivity contribution is 5.87. The predicted octanol–water partition coefficient (Wildman–Crippen LogP) is 2.54. The van der Waals surface area contributed by atoms with E-state index in [1.165, 1.54) is 25.5 Å². The molecule has 106 valence electrons. The van der Waals surface area contributed by atoms with Gasteiger partial charge in [0.05, 0.1) is 5.56 Å². The molecule has 0 amide bonds. The van der Waals surface area contributed by atoms with Crippen molar-refractivity contribution in [3.63, 3.8) is 0 Å². The number of hydrogen-bond donors (Lipinski definition) is 2. The van der Waals surface area contributed by atoms with E-state index in [1.807, 2.05) is 0 Å². The zero-order valence-electron chi connectivity index (χ0n) is 11.4. The zero-order valence-corrected chi connectivity index (χ0v) is 11.4. The van der Waals surface area contributed by atoms with Crippen molar-refractivity contribution in [1.29, 1.82) is 0 Å². The van der Waals surface area contributed by atoms with Crippen LogP contribution in [0.15, 0.2) is 17.1 Å². The molecule has 4 bridgehead atoms. The van der Waals surface area contributed by atoms with E-state index in [0.717, 1.165) is 42.6 Å². The lowest BCUT2D eigenvalue weighted by Gasteiger charge is -2.56. The first kappa shape index (κ1) is 12.2. The van der Waals surface area contributed by atoms with Crippen molar-refractivity contribution >= 4 is 5.97 Å². The fourth-order valence-corrected chi connectivity index (χ4v) is 5.44. The molecule has 4 saturated carbocycles. The molecule has 0 atom stereocenters. The summed E-state index contributed by atoms with van der Waals surface area (Å²) in [6.07, 6.45) is 8.48. The highest BCUT2D eigenvalue weighted by atomic mass is 16.4. The Morgan fingerprint density at radius 3 is 2.20 bits per heavy atom. The standard InChI is InChI=1S/C16H19NO3/c18-14-13(4-12(8-17-14)15(19)20)16-5-9-1-10(6-16)3-11(2-9)7-16/h4,8-11H,1-3,5-7H2,(H,17,18)(H,19,20). The van der Waals surface area contributed by atoms with Gasteiger partial charge in [-0.1, -0.05) is 0 Å². The number of H-pyrrole nitrogens is 1. The number of aromatic nitrogens is 1. The van der Waals surface area contributed by atoms with Crippen molar-refractivity contribution in [3.05, 3.63) is 33.7 Å². The molecule has 5 rings (SSSR count). The summed E-state index contributed by atoms with van der Waals surface area (Å²) < 4.78 is 0. The number of pyridine rings is 1. The van der Waals surface area contributed by atoms with Gasteiger partial charge in [-0.15, -0.1) is 0 Å². The summed E-state index contributed by atoms with van der Waals surface area (Å²) in [6, 6.07) is 1.63. The molecule has 20 heavy (non-hydrogen) atoms. The van der Waals surface area contributed by atoms with E-state index in [-0.39, 0.29) is 16.5 Å². The van der Waals surface area contributed by atoms with Gasteiger partial charge in [-0.25, -0.2) is 4.79 Å². The van der Waals surface area contributed by atoms with Crippen LogP contribution in [0.1, 0.15) is 54.4 Å². The fourth-order valence-electron chi connectivity index (χ4n) is 5.44. The van der Waals surface area contributed by atoms with Crippen LogP contribution >= 0.6 is 0 Å². The highest BCUT2D eigenvalue weighted by Crippen LogP contribution is 2.60. The molecule has 0 radical (unpaired) electrons. The Morgan fingerprint density at radius 1 is 1.15 bits per heavy atom. The number of nitrogens with one attached hydrogen (secondary N) is 1. The monoisotopic (exact) mass is 273 g/mol. The number of carbonyl (C=O) groups is 1. The summed E-state index contributed by atoms with van der Waals surface area (Å²) >= 11 is 0. The van der Waals surface area contributed by atoms with Gasteiger partial charge in [-0.2, -0.15) is 0 Å². The van der Waals surface area contributed by atoms with E-state index in [2.05, 4.69) is 4.98 Å². The second kappa shape index (κ2) is 3.96. The maximum atomic E-state index is 12.3. The predicted molar refractivity (Wildman–Crippen MR) is 73.9 cm³/mol. The van der Waals surface area contributed by atoms with Crippen LogP contribution in [-0.2, 0) is 5.41 Å². The van der Waals surface area contributed by atoms with Crippen molar-refractivity contribution in [2.75, 3.05) is 0 Å². The van der Waals surface area contributed by atoms with Crippen molar-refractivity contribution in [2.45, 2.75) is 43.9 Å². The Bertz CT molecular complexity index is 596. The molecule has 0 aliphatic heterocycles. The molecule has 4 nitrogen and oxygen atoms in total. The molecular weight excluding hydrogens is 254 g/mol. The third-order valence-electron chi connectivity index (χ3n) is 5.76. The molecule has 0 saturated heterocycles. The smallest absolute Gasteiger partial charge is 0.337 e. The first-order valence-electron chi connectivity index (χ1n) is 7.52. The topological polar surface area (TPSA) is 70.2 Å². The minimum Gasteiger partial charge on any atom is -0.478 e. The van der Waals surface area contributed by atoms with Gasteiger partial charge in [0, 0.05) is 17.2 Å². The van der Waals surface area contributed by atoms with Gasteiger partial charge in [-0.05, 0) is 62.3 Å². The second-order valence-electron chi connectivity index (χ2n) is 7.13. The summed E-state index contributed by atoms with van der Waals surface area (Å²) in [5.41, 5.74) is 0.803. The quantitative estimate of drug-likeness (QED) is 0.870. The van der Waals surface area contributed by atoms with Crippen LogP contribution in [0.4, 0.5) is 0 Å². The van der Waals surface area contributed by atoms with Crippen LogP contribution in [0.25, 0.3) is 0 Å². The molecule has 4 aliphatic carbocycles. The lowest BCUT2D eigenvalue weighted by molar-refractivity contribution is -0.00586. The number of rotatable bonds is 2. The molecule has 0 spiro atoms. The lowest BCUT2D eigenvalue weighted by Crippen LogP contribution is -2.50. The van der Waals surface area contributed by atoms with Gasteiger partial charge in [0.25, 0.3) is 5.56 Å². The average Bonchev–Trinajstić information content (AvgIpc) is 2.37. The van der Waals surface area contributed by atoms with Crippen LogP contribution in [0.3, 0.4) is 0 Å². The van der Waals surface area contributed by atoms with Crippen LogP contribution in [0.5, 0.6) is 0 Å². The first-order valence-corrected chi connectivity index (χ1v) is 7.52. The SMILES string of the molecule is O=C(O)c1c[nH]c(=O)c(C23CC4CC(CC(C4)C2)C3)c1. The largest absolute Gasteiger partial charge is 0.478 e. The normalized spacial score (nSPS) is 38.1. The maximum absolute atomic E-state index is 12.3. The van der Waals surface area contributed by atoms with E-state index in [0.29, 0.717) is 0 Å². The van der Waals surface area contributed by atoms with E-state index in [4.69, 9.17) is 5.11 Å². The number of carboxylic acids is 1. The number of aromatic carboxylic acids is 1. The van der Waals surface area contributed by atoms with Crippen molar-refractivity contribution < 1.29 is 9.90 Å². The first-order chi connectivity index (χ1) is 9.56. The molecule has 1 aromatic rings. The fraction of sp³-hybridized carbons (Fsp3) is 0.625. The van der Waals surface area contributed by atoms with Gasteiger partial charge >= 0.3 is 5.97 Å². The van der Waals surface area contributed by atoms with Gasteiger partial charge in [0.2, 0.25) is 0 Å². The molecule has 1 heterocycles. The Labute approximate surface area is 117 Å². The molecule has 0 aromatic carbocycles. The minimum absolute atomic E-state index is 0.0478. The Morgan fingerprint density at radius 2 is 1.70 bits per heavy atom. The zero-order chi connectivity index (χ0) is 13.9. The van der Waals surface area contributed by atoms with Crippen LogP contribution < -0.4 is 5.56 Å². The second-order valence-corrected chi connectivity index (χ2v) is 7.13. The molecule has 4 aliphatic rings. The Balaban J connectivity index is 1.82. The summed E-state index contributed by atoms with van der Waals surface area (Å²) in [5, 5.41) is 9.16. The van der Waals surface area contributed by atoms with E-state index < -0.39 is 5.97 Å². The van der Waals surface area contributed by atoms with Gasteiger partial charge in [-0.3, -0.25) is 4.79 Å². The summed E-state index contributed by atoms with van der Waals surface area (Å²) in [7, 11) is 0. The third-order valence-corrected chi connectivity index (χ3v) is 5.76. The van der Waals surface area contributed by atoms with Crippen molar-refractivity contribution in [3.8, 4) is 0 Å². The Kier molecular flexibility index (Phi) is 2.41. The highest BCUT2D eigenvalue weighted by Gasteiger charge is 2.52. The summed E-state index contributed by atoms with van der Waals surface area (Å²) in [4.78, 5) is 26.1. The van der Waals surface area contributed by atoms with Gasteiger partial charge in [0.15, 0.2) is 0 Å². The molecule has 1 aromatic heterocycles. The van der Waals surface area contributed by atoms with Crippen LogP contribution in [-0.4, -0.2) is 16.1 Å². The Hall–Kier alpha value is -1.58. The van der Waals surface area contributed by atoms with E-state index >= 15 is 0 Å². The van der Waals surface area contributed by atoms with Gasteiger partial charge < -0.3 is 10.1 Å². The third kappa shape index (κ3) is 1.67. The minimum atomic E-state index is -0.966. The lowest BCUT2D eigenvalue weighted by atomic mass is 9.48. The van der Waals surface area contributed by atoms with Crippen LogP contribution in [0, 0.1) is 17.8 Å². The van der Waals surface area contributed by atoms with Gasteiger partial charge in [0.1, 0.15) is 0 Å². The molecule has 4 heteroatoms. The number of carboxylic acid groups (broad SMARTS) is 1. The number of hydrogen-bond acceptors (Lipinski definition) is 2. The maximum Gasteiger partial charge on any atom is 0.337 e. The van der Waals surface area contributed by atoms with E-state index in [9.17, 15) is 9.59 Å². The van der Waals surface area contributed by atoms with Crippen molar-refractivity contribution in [2.24, 2.45) is 17.8 Å². The molecular formula is C16H19NO3. The number of aromatic amines is 1. The molecule has 0 unspecified atom stereocenters. The van der Waals surface area contributed by atoms with E-state index in [1.54, 1.807) is 6.07 Å². The summed E-state index contributed by atoms with van der Waals surface area (Å²) in [6.45, 7) is 0. The van der Waals surface area contributed by atoms with Crippen molar-refractivity contribution in [1.82, 2.24) is 4.98 Å². The average molecular weight is 273 g/mol. The molecule has 2 N–H and O–H groups in total. The van der Waals surface area contributed by atoms with Crippen LogP contribution in [0.2, 0.25) is 0 Å². The molecule has 4 fully saturated rings. The summed E-state index contributed by atoms with van der Waals surface area (Å²) in [5.74, 6) is 1.27.